The van der Waals surface area contributed by atoms with Gasteiger partial charge >= 0.3 is 0 Å². The van der Waals surface area contributed by atoms with Crippen LogP contribution in [0.4, 0.5) is 0 Å². The maximum Gasteiger partial charge on any atom is 0.101 e. The molecule has 0 spiro atoms. The van der Waals surface area contributed by atoms with Gasteiger partial charge < -0.3 is 0 Å². The lowest BCUT2D eigenvalue weighted by Crippen LogP contribution is -1.88. The molecule has 0 radical (unpaired) electrons. The van der Waals surface area contributed by atoms with Gasteiger partial charge in [0, 0.05) is 5.39 Å². The third-order valence-corrected chi connectivity index (χ3v) is 3.55. The van der Waals surface area contributed by atoms with Crippen LogP contribution in [0.25, 0.3) is 22.6 Å². The van der Waals surface area contributed by atoms with Gasteiger partial charge in [-0.1, -0.05) is 24.3 Å². The van der Waals surface area contributed by atoms with Crippen molar-refractivity contribution in [2.75, 3.05) is 0 Å². The first-order valence-corrected chi connectivity index (χ1v) is 6.81. The van der Waals surface area contributed by atoms with E-state index in [2.05, 4.69) is 11.1 Å². The van der Waals surface area contributed by atoms with Gasteiger partial charge in [-0.05, 0) is 40.6 Å². The number of hydrogen-bond donors (Lipinski definition) is 0. The predicted octanol–water partition coefficient (Wildman–Crippen LogP) is 4.36. The predicted molar refractivity (Wildman–Crippen MR) is 79.5 cm³/mol. The standard InChI is InChI=1S/C16H10N2S/c17-10-14(9-12-7-8-19-11-12)16-6-5-13-3-1-2-4-15(13)18-16/h1-9,11H/b14-9-. The number of fused-ring (bicyclic) bond motifs is 1. The van der Waals surface area contributed by atoms with E-state index in [0.717, 1.165) is 16.5 Å². The lowest BCUT2D eigenvalue weighted by Gasteiger charge is -2.01. The molecule has 0 fully saturated rings. The molecule has 2 nitrogen and oxygen atoms in total. The second kappa shape index (κ2) is 5.05. The highest BCUT2D eigenvalue weighted by atomic mass is 32.1. The van der Waals surface area contributed by atoms with E-state index in [4.69, 9.17) is 0 Å². The van der Waals surface area contributed by atoms with Crippen LogP contribution in [0.15, 0.2) is 53.2 Å². The summed E-state index contributed by atoms with van der Waals surface area (Å²) in [7, 11) is 0. The van der Waals surface area contributed by atoms with Gasteiger partial charge in [-0.25, -0.2) is 4.98 Å². The summed E-state index contributed by atoms with van der Waals surface area (Å²) in [5.74, 6) is 0. The Morgan fingerprint density at radius 1 is 1.16 bits per heavy atom. The van der Waals surface area contributed by atoms with Crippen LogP contribution in [0.5, 0.6) is 0 Å². The van der Waals surface area contributed by atoms with Crippen LogP contribution in [0, 0.1) is 11.3 Å². The Hall–Kier alpha value is -2.44. The molecular weight excluding hydrogens is 252 g/mol. The Bertz CT molecular complexity index is 780. The molecule has 0 unspecified atom stereocenters. The molecule has 0 bridgehead atoms. The van der Waals surface area contributed by atoms with Gasteiger partial charge in [0.25, 0.3) is 0 Å². The molecule has 0 atom stereocenters. The quantitative estimate of drug-likeness (QED) is 0.643. The van der Waals surface area contributed by atoms with Crippen molar-refractivity contribution in [1.82, 2.24) is 4.98 Å². The maximum atomic E-state index is 9.30. The Balaban J connectivity index is 2.10. The summed E-state index contributed by atoms with van der Waals surface area (Å²) < 4.78 is 0. The van der Waals surface area contributed by atoms with E-state index < -0.39 is 0 Å². The maximum absolute atomic E-state index is 9.30. The summed E-state index contributed by atoms with van der Waals surface area (Å²) in [5, 5.41) is 14.4. The van der Waals surface area contributed by atoms with E-state index in [1.165, 1.54) is 0 Å². The number of rotatable bonds is 2. The third kappa shape index (κ3) is 2.40. The average molecular weight is 262 g/mol. The first-order chi connectivity index (χ1) is 9.36. The molecule has 0 saturated carbocycles. The minimum absolute atomic E-state index is 0.587. The van der Waals surface area contributed by atoms with Crippen molar-refractivity contribution >= 4 is 33.9 Å². The van der Waals surface area contributed by atoms with E-state index in [-0.39, 0.29) is 0 Å². The summed E-state index contributed by atoms with van der Waals surface area (Å²) in [6.07, 6.45) is 1.87. The second-order valence-electron chi connectivity index (χ2n) is 4.12. The van der Waals surface area contributed by atoms with Crippen molar-refractivity contribution in [2.45, 2.75) is 0 Å². The molecule has 2 heterocycles. The molecule has 0 saturated heterocycles. The van der Waals surface area contributed by atoms with Gasteiger partial charge in [0.05, 0.1) is 16.8 Å². The summed E-state index contributed by atoms with van der Waals surface area (Å²) in [5.41, 5.74) is 3.25. The van der Waals surface area contributed by atoms with Crippen molar-refractivity contribution in [2.24, 2.45) is 0 Å². The van der Waals surface area contributed by atoms with Crippen LogP contribution in [0.3, 0.4) is 0 Å². The Kier molecular flexibility index (Phi) is 3.09. The van der Waals surface area contributed by atoms with Crippen LogP contribution < -0.4 is 0 Å². The lowest BCUT2D eigenvalue weighted by atomic mass is 10.1. The highest BCUT2D eigenvalue weighted by Gasteiger charge is 2.04. The largest absolute Gasteiger partial charge is 0.247 e. The second-order valence-corrected chi connectivity index (χ2v) is 4.90. The van der Waals surface area contributed by atoms with Gasteiger partial charge in [-0.3, -0.25) is 0 Å². The third-order valence-electron chi connectivity index (χ3n) is 2.85. The molecule has 0 aliphatic heterocycles. The van der Waals surface area contributed by atoms with Gasteiger partial charge in [0.15, 0.2) is 0 Å². The van der Waals surface area contributed by atoms with E-state index in [0.29, 0.717) is 11.3 Å². The molecule has 0 aliphatic carbocycles. The highest BCUT2D eigenvalue weighted by Crippen LogP contribution is 2.20. The number of pyridine rings is 1. The molecule has 19 heavy (non-hydrogen) atoms. The number of para-hydroxylation sites is 1. The Labute approximate surface area is 115 Å². The Morgan fingerprint density at radius 2 is 2.05 bits per heavy atom. The molecule has 3 rings (SSSR count). The van der Waals surface area contributed by atoms with Crippen molar-refractivity contribution in [3.8, 4) is 6.07 Å². The van der Waals surface area contributed by atoms with Crippen molar-refractivity contribution in [3.05, 3.63) is 64.5 Å². The van der Waals surface area contributed by atoms with E-state index in [1.54, 1.807) is 11.3 Å². The minimum atomic E-state index is 0.587. The zero-order valence-electron chi connectivity index (χ0n) is 10.1. The number of benzene rings is 1. The van der Waals surface area contributed by atoms with Crippen LogP contribution in [-0.4, -0.2) is 4.98 Å². The average Bonchev–Trinajstić information content (AvgIpc) is 2.97. The summed E-state index contributed by atoms with van der Waals surface area (Å²) in [6, 6.07) is 16.0. The zero-order chi connectivity index (χ0) is 13.1. The van der Waals surface area contributed by atoms with E-state index >= 15 is 0 Å². The normalized spacial score (nSPS) is 11.4. The van der Waals surface area contributed by atoms with E-state index in [1.807, 2.05) is 59.3 Å². The van der Waals surface area contributed by atoms with Crippen molar-refractivity contribution < 1.29 is 0 Å². The number of allylic oxidation sites excluding steroid dienone is 1. The van der Waals surface area contributed by atoms with Crippen LogP contribution in [0.1, 0.15) is 11.3 Å². The number of aromatic nitrogens is 1. The first kappa shape index (κ1) is 11.6. The number of thiophene rings is 1. The molecule has 2 aromatic heterocycles. The molecule has 1 aromatic carbocycles. The van der Waals surface area contributed by atoms with Gasteiger partial charge in [-0.15, -0.1) is 0 Å². The van der Waals surface area contributed by atoms with Crippen LogP contribution >= 0.6 is 11.3 Å². The number of hydrogen-bond acceptors (Lipinski definition) is 3. The molecule has 90 valence electrons. The van der Waals surface area contributed by atoms with Crippen LogP contribution in [0.2, 0.25) is 0 Å². The molecular formula is C16H10N2S. The monoisotopic (exact) mass is 262 g/mol. The molecule has 0 amide bonds. The topological polar surface area (TPSA) is 36.7 Å². The summed E-state index contributed by atoms with van der Waals surface area (Å²) in [6.45, 7) is 0. The van der Waals surface area contributed by atoms with E-state index in [9.17, 15) is 5.26 Å². The fraction of sp³-hybridized carbons (Fsp3) is 0. The van der Waals surface area contributed by atoms with Gasteiger partial charge in [-0.2, -0.15) is 16.6 Å². The van der Waals surface area contributed by atoms with Gasteiger partial charge in [0.2, 0.25) is 0 Å². The van der Waals surface area contributed by atoms with Crippen molar-refractivity contribution in [3.63, 3.8) is 0 Å². The molecule has 3 aromatic rings. The molecule has 3 heteroatoms. The number of nitriles is 1. The van der Waals surface area contributed by atoms with Gasteiger partial charge in [0.1, 0.15) is 6.07 Å². The first-order valence-electron chi connectivity index (χ1n) is 5.87. The molecule has 0 N–H and O–H groups in total. The highest BCUT2D eigenvalue weighted by molar-refractivity contribution is 7.08. The minimum Gasteiger partial charge on any atom is -0.247 e. The SMILES string of the molecule is N#C/C(=C/c1ccsc1)c1ccc2ccccc2n1. The Morgan fingerprint density at radius 3 is 2.84 bits per heavy atom. The zero-order valence-corrected chi connectivity index (χ0v) is 10.9. The molecule has 0 aliphatic rings. The summed E-state index contributed by atoms with van der Waals surface area (Å²) in [4.78, 5) is 4.54. The lowest BCUT2D eigenvalue weighted by molar-refractivity contribution is 1.35. The van der Waals surface area contributed by atoms with Crippen LogP contribution in [-0.2, 0) is 0 Å². The van der Waals surface area contributed by atoms with Crippen molar-refractivity contribution in [1.29, 1.82) is 5.26 Å². The fourth-order valence-corrected chi connectivity index (χ4v) is 2.52. The fourth-order valence-electron chi connectivity index (χ4n) is 1.90. The number of nitrogens with zero attached hydrogens (tertiary/aromatic N) is 2. The summed E-state index contributed by atoms with van der Waals surface area (Å²) >= 11 is 1.62. The smallest absolute Gasteiger partial charge is 0.101 e.